The van der Waals surface area contributed by atoms with E-state index in [4.69, 9.17) is 16.7 Å². The van der Waals surface area contributed by atoms with Gasteiger partial charge in [0.15, 0.2) is 0 Å². The number of hydrogen-bond donors (Lipinski definition) is 2. The number of unbranched alkanes of at least 4 members (excludes halogenated alkanes) is 2. The third kappa shape index (κ3) is 3.77. The molecule has 92 valence electrons. The number of hydrogen-bond acceptors (Lipinski definition) is 3. The van der Waals surface area contributed by atoms with Crippen molar-refractivity contribution in [3.63, 3.8) is 0 Å². The first-order valence-electron chi connectivity index (χ1n) is 5.66. The van der Waals surface area contributed by atoms with Crippen LogP contribution in [0, 0.1) is 6.92 Å². The zero-order valence-corrected chi connectivity index (χ0v) is 10.7. The number of aliphatic hydroxyl groups is 1. The van der Waals surface area contributed by atoms with Crippen molar-refractivity contribution < 1.29 is 5.11 Å². The fourth-order valence-electron chi connectivity index (χ4n) is 1.62. The molecule has 0 fully saturated rings. The van der Waals surface area contributed by atoms with Gasteiger partial charge in [-0.1, -0.05) is 11.6 Å². The topological polar surface area (TPSA) is 50.1 Å². The van der Waals surface area contributed by atoms with Crippen LogP contribution in [0.2, 0.25) is 5.02 Å². The van der Waals surface area contributed by atoms with Crippen molar-refractivity contribution in [2.24, 2.45) is 7.05 Å². The summed E-state index contributed by atoms with van der Waals surface area (Å²) in [4.78, 5) is 0. The zero-order chi connectivity index (χ0) is 12.0. The molecule has 0 aliphatic heterocycles. The summed E-state index contributed by atoms with van der Waals surface area (Å²) in [5, 5.41) is 17.0. The zero-order valence-electron chi connectivity index (χ0n) is 9.96. The average Bonchev–Trinajstić information content (AvgIpc) is 2.49. The van der Waals surface area contributed by atoms with E-state index in [0.717, 1.165) is 48.8 Å². The van der Waals surface area contributed by atoms with Gasteiger partial charge >= 0.3 is 0 Å². The molecular weight excluding hydrogens is 226 g/mol. The molecule has 4 nitrogen and oxygen atoms in total. The van der Waals surface area contributed by atoms with Gasteiger partial charge in [0.25, 0.3) is 0 Å². The lowest BCUT2D eigenvalue weighted by molar-refractivity contribution is 0.283. The number of rotatable bonds is 7. The summed E-state index contributed by atoms with van der Waals surface area (Å²) in [7, 11) is 1.90. The normalized spacial score (nSPS) is 11.0. The summed E-state index contributed by atoms with van der Waals surface area (Å²) >= 11 is 6.12. The van der Waals surface area contributed by atoms with Gasteiger partial charge in [0.05, 0.1) is 16.4 Å². The molecule has 0 saturated heterocycles. The fraction of sp³-hybridized carbons (Fsp3) is 0.727. The molecule has 0 amide bonds. The van der Waals surface area contributed by atoms with Crippen molar-refractivity contribution >= 4 is 11.6 Å². The summed E-state index contributed by atoms with van der Waals surface area (Å²) in [5.74, 6) is 0. The number of nitrogens with one attached hydrogen (secondary N) is 1. The fourth-order valence-corrected chi connectivity index (χ4v) is 1.84. The minimum atomic E-state index is 0.284. The van der Waals surface area contributed by atoms with Crippen LogP contribution in [-0.2, 0) is 13.6 Å². The molecule has 0 aromatic carbocycles. The molecule has 1 aromatic rings. The Hall–Kier alpha value is -0.580. The van der Waals surface area contributed by atoms with E-state index >= 15 is 0 Å². The number of aryl methyl sites for hydroxylation is 2. The largest absolute Gasteiger partial charge is 0.396 e. The summed E-state index contributed by atoms with van der Waals surface area (Å²) in [6.45, 7) is 3.88. The van der Waals surface area contributed by atoms with Gasteiger partial charge in [-0.05, 0) is 32.7 Å². The minimum absolute atomic E-state index is 0.284. The van der Waals surface area contributed by atoms with Gasteiger partial charge < -0.3 is 10.4 Å². The van der Waals surface area contributed by atoms with Gasteiger partial charge in [-0.15, -0.1) is 0 Å². The Bertz CT molecular complexity index is 325. The molecule has 5 heteroatoms. The summed E-state index contributed by atoms with van der Waals surface area (Å²) in [6, 6.07) is 0. The standard InChI is InChI=1S/C11H20ClN3O/c1-9-11(12)10(15(2)14-9)8-13-6-4-3-5-7-16/h13,16H,3-8H2,1-2H3. The highest BCUT2D eigenvalue weighted by Crippen LogP contribution is 2.18. The molecule has 0 atom stereocenters. The first-order chi connectivity index (χ1) is 7.66. The SMILES string of the molecule is Cc1nn(C)c(CNCCCCCO)c1Cl. The van der Waals surface area contributed by atoms with Gasteiger partial charge in [0.2, 0.25) is 0 Å². The van der Waals surface area contributed by atoms with Crippen LogP contribution in [0.4, 0.5) is 0 Å². The van der Waals surface area contributed by atoms with Crippen LogP contribution in [0.15, 0.2) is 0 Å². The van der Waals surface area contributed by atoms with Crippen molar-refractivity contribution in [1.82, 2.24) is 15.1 Å². The molecule has 2 N–H and O–H groups in total. The Morgan fingerprint density at radius 2 is 2.12 bits per heavy atom. The average molecular weight is 246 g/mol. The van der Waals surface area contributed by atoms with Crippen LogP contribution in [0.3, 0.4) is 0 Å². The van der Waals surface area contributed by atoms with Gasteiger partial charge in [0.1, 0.15) is 0 Å². The van der Waals surface area contributed by atoms with Crippen LogP contribution in [0.25, 0.3) is 0 Å². The number of halogens is 1. The minimum Gasteiger partial charge on any atom is -0.396 e. The van der Waals surface area contributed by atoms with E-state index in [1.807, 2.05) is 18.7 Å². The molecule has 16 heavy (non-hydrogen) atoms. The Kier molecular flexibility index (Phi) is 5.80. The maximum Gasteiger partial charge on any atom is 0.0860 e. The van der Waals surface area contributed by atoms with Gasteiger partial charge in [-0.25, -0.2) is 0 Å². The van der Waals surface area contributed by atoms with Crippen molar-refractivity contribution in [2.45, 2.75) is 32.7 Å². The van der Waals surface area contributed by atoms with Gasteiger partial charge in [-0.3, -0.25) is 4.68 Å². The molecule has 0 aliphatic carbocycles. The molecule has 1 rings (SSSR count). The Balaban J connectivity index is 2.26. The number of aliphatic hydroxyl groups excluding tert-OH is 1. The maximum absolute atomic E-state index is 8.63. The van der Waals surface area contributed by atoms with Crippen LogP contribution in [0.5, 0.6) is 0 Å². The van der Waals surface area contributed by atoms with Crippen molar-refractivity contribution in [3.05, 3.63) is 16.4 Å². The molecule has 0 unspecified atom stereocenters. The highest BCUT2D eigenvalue weighted by Gasteiger charge is 2.09. The Morgan fingerprint density at radius 1 is 1.38 bits per heavy atom. The van der Waals surface area contributed by atoms with Crippen LogP contribution in [-0.4, -0.2) is 28.0 Å². The lowest BCUT2D eigenvalue weighted by Gasteiger charge is -2.05. The van der Waals surface area contributed by atoms with E-state index in [-0.39, 0.29) is 6.61 Å². The maximum atomic E-state index is 8.63. The summed E-state index contributed by atoms with van der Waals surface area (Å²) in [6.07, 6.45) is 3.02. The van der Waals surface area contributed by atoms with Gasteiger partial charge in [-0.2, -0.15) is 5.10 Å². The lowest BCUT2D eigenvalue weighted by atomic mass is 10.2. The number of aromatic nitrogens is 2. The van der Waals surface area contributed by atoms with E-state index < -0.39 is 0 Å². The van der Waals surface area contributed by atoms with Crippen LogP contribution >= 0.6 is 11.6 Å². The second kappa shape index (κ2) is 6.89. The predicted molar refractivity (Wildman–Crippen MR) is 65.6 cm³/mol. The smallest absolute Gasteiger partial charge is 0.0860 e. The van der Waals surface area contributed by atoms with Crippen LogP contribution < -0.4 is 5.32 Å². The summed E-state index contributed by atoms with van der Waals surface area (Å²) in [5.41, 5.74) is 1.91. The second-order valence-electron chi connectivity index (χ2n) is 3.93. The molecule has 0 spiro atoms. The van der Waals surface area contributed by atoms with E-state index in [9.17, 15) is 0 Å². The molecular formula is C11H20ClN3O. The lowest BCUT2D eigenvalue weighted by Crippen LogP contribution is -2.17. The summed E-state index contributed by atoms with van der Waals surface area (Å²) < 4.78 is 1.82. The Labute approximate surface area is 102 Å². The first-order valence-corrected chi connectivity index (χ1v) is 6.04. The predicted octanol–water partition coefficient (Wildman–Crippen LogP) is 1.63. The van der Waals surface area contributed by atoms with E-state index in [1.54, 1.807) is 0 Å². The van der Waals surface area contributed by atoms with Crippen molar-refractivity contribution in [2.75, 3.05) is 13.2 Å². The quantitative estimate of drug-likeness (QED) is 0.718. The third-order valence-electron chi connectivity index (χ3n) is 2.57. The molecule has 0 saturated carbocycles. The van der Waals surface area contributed by atoms with Gasteiger partial charge in [0, 0.05) is 20.2 Å². The van der Waals surface area contributed by atoms with Crippen molar-refractivity contribution in [3.8, 4) is 0 Å². The first kappa shape index (κ1) is 13.5. The molecule has 0 aliphatic rings. The van der Waals surface area contributed by atoms with Crippen LogP contribution in [0.1, 0.15) is 30.7 Å². The molecule has 0 bridgehead atoms. The van der Waals surface area contributed by atoms with Crippen molar-refractivity contribution in [1.29, 1.82) is 0 Å². The molecule has 1 aromatic heterocycles. The highest BCUT2D eigenvalue weighted by molar-refractivity contribution is 6.31. The van der Waals surface area contributed by atoms with E-state index in [0.29, 0.717) is 0 Å². The Morgan fingerprint density at radius 3 is 2.69 bits per heavy atom. The van der Waals surface area contributed by atoms with E-state index in [1.165, 1.54) is 0 Å². The highest BCUT2D eigenvalue weighted by atomic mass is 35.5. The third-order valence-corrected chi connectivity index (χ3v) is 3.06. The molecule has 1 heterocycles. The van der Waals surface area contributed by atoms with E-state index in [2.05, 4.69) is 10.4 Å². The molecule has 0 radical (unpaired) electrons. The monoisotopic (exact) mass is 245 g/mol. The second-order valence-corrected chi connectivity index (χ2v) is 4.31. The number of nitrogens with zero attached hydrogens (tertiary/aromatic N) is 2.